The molecule has 140 valence electrons. The molecule has 6 nitrogen and oxygen atoms in total. The van der Waals surface area contributed by atoms with Gasteiger partial charge in [0, 0.05) is 12.1 Å². The van der Waals surface area contributed by atoms with Gasteiger partial charge in [-0.05, 0) is 30.7 Å². The van der Waals surface area contributed by atoms with Gasteiger partial charge in [0.2, 0.25) is 0 Å². The third kappa shape index (κ3) is 5.16. The van der Waals surface area contributed by atoms with Gasteiger partial charge in [0.1, 0.15) is 28.9 Å². The van der Waals surface area contributed by atoms with Crippen molar-refractivity contribution in [2.45, 2.75) is 6.92 Å². The maximum atomic E-state index is 12.5. The van der Waals surface area contributed by atoms with Gasteiger partial charge in [0.15, 0.2) is 0 Å². The minimum atomic E-state index is -0.575. The lowest BCUT2D eigenvalue weighted by Crippen LogP contribution is -2.14. The molecule has 0 radical (unpaired) electrons. The van der Waals surface area contributed by atoms with Crippen LogP contribution in [0.3, 0.4) is 0 Å². The second-order valence-corrected chi connectivity index (χ2v) is 5.72. The first-order chi connectivity index (χ1) is 13.0. The Morgan fingerprint density at radius 1 is 1.19 bits per heavy atom. The van der Waals surface area contributed by atoms with Crippen molar-refractivity contribution in [2.24, 2.45) is 0 Å². The lowest BCUT2D eigenvalue weighted by atomic mass is 10.1. The van der Waals surface area contributed by atoms with Gasteiger partial charge in [-0.15, -0.1) is 0 Å². The number of nitrogens with one attached hydrogen (secondary N) is 1. The third-order valence-corrected chi connectivity index (χ3v) is 3.88. The van der Waals surface area contributed by atoms with Crippen molar-refractivity contribution in [1.29, 1.82) is 5.26 Å². The molecule has 0 saturated heterocycles. The molecule has 0 aliphatic heterocycles. The van der Waals surface area contributed by atoms with E-state index in [0.717, 1.165) is 5.75 Å². The summed E-state index contributed by atoms with van der Waals surface area (Å²) in [7, 11) is 2.92. The highest BCUT2D eigenvalue weighted by Gasteiger charge is 2.15. The van der Waals surface area contributed by atoms with Gasteiger partial charge in [-0.25, -0.2) is 0 Å². The van der Waals surface area contributed by atoms with E-state index < -0.39 is 5.91 Å². The summed E-state index contributed by atoms with van der Waals surface area (Å²) in [6.07, 6.45) is 1.49. The molecule has 1 N–H and O–H groups in total. The molecular formula is C20H19ClN2O4. The van der Waals surface area contributed by atoms with E-state index in [2.05, 4.69) is 5.32 Å². The van der Waals surface area contributed by atoms with E-state index in [4.69, 9.17) is 25.8 Å². The molecule has 2 aromatic rings. The van der Waals surface area contributed by atoms with Gasteiger partial charge >= 0.3 is 0 Å². The fourth-order valence-corrected chi connectivity index (χ4v) is 2.52. The molecule has 0 aliphatic carbocycles. The zero-order valence-corrected chi connectivity index (χ0v) is 16.0. The number of nitriles is 1. The van der Waals surface area contributed by atoms with Crippen molar-refractivity contribution in [3.8, 4) is 23.3 Å². The van der Waals surface area contributed by atoms with Crippen LogP contribution in [0.4, 0.5) is 5.69 Å². The van der Waals surface area contributed by atoms with Gasteiger partial charge in [-0.2, -0.15) is 5.26 Å². The summed E-state index contributed by atoms with van der Waals surface area (Å²) in [6, 6.07) is 12.0. The standard InChI is InChI=1S/C20H19ClN2O4/c1-4-27-15-7-5-13(6-8-15)9-14(12-22)20(24)23-17-11-18(25-2)16(21)10-19(17)26-3/h5-11H,4H2,1-3H3,(H,23,24)/b14-9+. The predicted octanol–water partition coefficient (Wildman–Crippen LogP) is 4.30. The van der Waals surface area contributed by atoms with E-state index in [1.54, 1.807) is 24.3 Å². The maximum Gasteiger partial charge on any atom is 0.266 e. The van der Waals surface area contributed by atoms with Crippen LogP contribution in [0.1, 0.15) is 12.5 Å². The lowest BCUT2D eigenvalue weighted by Gasteiger charge is -2.13. The minimum Gasteiger partial charge on any atom is -0.495 e. The number of carbonyl (C=O) groups is 1. The number of nitrogens with zero attached hydrogens (tertiary/aromatic N) is 1. The van der Waals surface area contributed by atoms with Crippen LogP contribution in [0.15, 0.2) is 42.0 Å². The number of hydrogen-bond acceptors (Lipinski definition) is 5. The highest BCUT2D eigenvalue weighted by molar-refractivity contribution is 6.32. The molecule has 2 aromatic carbocycles. The van der Waals surface area contributed by atoms with Crippen molar-refractivity contribution in [2.75, 3.05) is 26.1 Å². The summed E-state index contributed by atoms with van der Waals surface area (Å²) in [5.74, 6) is 0.874. The molecule has 0 saturated carbocycles. The number of ether oxygens (including phenoxy) is 3. The van der Waals surface area contributed by atoms with Crippen molar-refractivity contribution in [3.05, 3.63) is 52.6 Å². The fourth-order valence-electron chi connectivity index (χ4n) is 2.29. The van der Waals surface area contributed by atoms with Crippen LogP contribution >= 0.6 is 11.6 Å². The number of rotatable bonds is 7. The van der Waals surface area contributed by atoms with Crippen molar-refractivity contribution in [1.82, 2.24) is 0 Å². The molecule has 0 aliphatic rings. The van der Waals surface area contributed by atoms with Crippen LogP contribution in [0.2, 0.25) is 5.02 Å². The number of carbonyl (C=O) groups excluding carboxylic acids is 1. The van der Waals surface area contributed by atoms with E-state index >= 15 is 0 Å². The summed E-state index contributed by atoms with van der Waals surface area (Å²) in [5, 5.41) is 12.4. The minimum absolute atomic E-state index is 0.0601. The molecule has 27 heavy (non-hydrogen) atoms. The van der Waals surface area contributed by atoms with Crippen LogP contribution in [0.25, 0.3) is 6.08 Å². The van der Waals surface area contributed by atoms with Crippen LogP contribution in [-0.2, 0) is 4.79 Å². The van der Waals surface area contributed by atoms with Crippen LogP contribution in [0.5, 0.6) is 17.2 Å². The zero-order chi connectivity index (χ0) is 19.8. The van der Waals surface area contributed by atoms with Gasteiger partial charge in [0.25, 0.3) is 5.91 Å². The first-order valence-electron chi connectivity index (χ1n) is 8.09. The molecule has 7 heteroatoms. The quantitative estimate of drug-likeness (QED) is 0.566. The van der Waals surface area contributed by atoms with Gasteiger partial charge in [-0.3, -0.25) is 4.79 Å². The third-order valence-electron chi connectivity index (χ3n) is 3.59. The summed E-state index contributed by atoms with van der Waals surface area (Å²) in [4.78, 5) is 12.5. The Hall–Kier alpha value is -3.17. The number of amides is 1. The lowest BCUT2D eigenvalue weighted by molar-refractivity contribution is -0.112. The van der Waals surface area contributed by atoms with Crippen molar-refractivity contribution >= 4 is 29.3 Å². The summed E-state index contributed by atoms with van der Waals surface area (Å²) in [5.41, 5.74) is 0.984. The molecule has 0 heterocycles. The SMILES string of the molecule is CCOc1ccc(/C=C(\C#N)C(=O)Nc2cc(OC)c(Cl)cc2OC)cc1. The highest BCUT2D eigenvalue weighted by atomic mass is 35.5. The maximum absolute atomic E-state index is 12.5. The second kappa shape index (κ2) is 9.51. The molecule has 2 rings (SSSR count). The molecule has 0 unspecified atom stereocenters. The molecule has 0 spiro atoms. The fraction of sp³-hybridized carbons (Fsp3) is 0.200. The molecule has 0 atom stereocenters. The Bertz CT molecular complexity index is 886. The molecule has 1 amide bonds. The Morgan fingerprint density at radius 2 is 1.85 bits per heavy atom. The smallest absolute Gasteiger partial charge is 0.266 e. The van der Waals surface area contributed by atoms with Gasteiger partial charge in [0.05, 0.1) is 31.5 Å². The first-order valence-corrected chi connectivity index (χ1v) is 8.47. The first kappa shape index (κ1) is 20.1. The number of benzene rings is 2. The van der Waals surface area contributed by atoms with E-state index in [-0.39, 0.29) is 5.57 Å². The Morgan fingerprint density at radius 3 is 2.41 bits per heavy atom. The molecular weight excluding hydrogens is 368 g/mol. The normalized spacial score (nSPS) is 10.7. The van der Waals surface area contributed by atoms with E-state index in [0.29, 0.717) is 34.4 Å². The topological polar surface area (TPSA) is 80.6 Å². The monoisotopic (exact) mass is 386 g/mol. The largest absolute Gasteiger partial charge is 0.495 e. The van der Waals surface area contributed by atoms with Gasteiger partial charge < -0.3 is 19.5 Å². The molecule has 0 fully saturated rings. The van der Waals surface area contributed by atoms with Crippen molar-refractivity contribution in [3.63, 3.8) is 0 Å². The summed E-state index contributed by atoms with van der Waals surface area (Å²) >= 11 is 6.06. The molecule has 0 bridgehead atoms. The summed E-state index contributed by atoms with van der Waals surface area (Å²) in [6.45, 7) is 2.46. The zero-order valence-electron chi connectivity index (χ0n) is 15.2. The average Bonchev–Trinajstić information content (AvgIpc) is 2.68. The van der Waals surface area contributed by atoms with E-state index in [1.165, 1.54) is 32.4 Å². The Kier molecular flexibility index (Phi) is 7.09. The number of methoxy groups -OCH3 is 2. The van der Waals surface area contributed by atoms with Gasteiger partial charge in [-0.1, -0.05) is 23.7 Å². The summed E-state index contributed by atoms with van der Waals surface area (Å²) < 4.78 is 15.7. The average molecular weight is 387 g/mol. The van der Waals surface area contributed by atoms with E-state index in [9.17, 15) is 10.1 Å². The van der Waals surface area contributed by atoms with Crippen LogP contribution in [-0.4, -0.2) is 26.7 Å². The number of halogens is 1. The number of hydrogen-bond donors (Lipinski definition) is 1. The second-order valence-electron chi connectivity index (χ2n) is 5.31. The van der Waals surface area contributed by atoms with Crippen LogP contribution < -0.4 is 19.5 Å². The Balaban J connectivity index is 2.26. The number of anilines is 1. The van der Waals surface area contributed by atoms with Crippen molar-refractivity contribution < 1.29 is 19.0 Å². The Labute approximate surface area is 162 Å². The van der Waals surface area contributed by atoms with E-state index in [1.807, 2.05) is 13.0 Å². The highest BCUT2D eigenvalue weighted by Crippen LogP contribution is 2.36. The molecule has 0 aromatic heterocycles. The van der Waals surface area contributed by atoms with Crippen LogP contribution in [0, 0.1) is 11.3 Å². The predicted molar refractivity (Wildman–Crippen MR) is 104 cm³/mol.